The fourth-order valence-electron chi connectivity index (χ4n) is 4.19. The molecule has 5 nitrogen and oxygen atoms in total. The van der Waals surface area contributed by atoms with E-state index in [1.807, 2.05) is 12.1 Å². The molecule has 0 radical (unpaired) electrons. The van der Waals surface area contributed by atoms with E-state index in [2.05, 4.69) is 22.5 Å². The number of carbonyl (C=O) groups excluding carboxylic acids is 1. The van der Waals surface area contributed by atoms with Crippen LogP contribution in [0.3, 0.4) is 0 Å². The van der Waals surface area contributed by atoms with Crippen LogP contribution in [0.1, 0.15) is 33.3 Å². The third-order valence-corrected chi connectivity index (χ3v) is 6.25. The highest BCUT2D eigenvalue weighted by molar-refractivity contribution is 9.10. The molecule has 3 aromatic carbocycles. The van der Waals surface area contributed by atoms with Crippen LogP contribution < -0.4 is 10.2 Å². The number of nitrogens with zero attached hydrogens (tertiary/aromatic N) is 1. The summed E-state index contributed by atoms with van der Waals surface area (Å²) in [7, 11) is 0. The van der Waals surface area contributed by atoms with E-state index in [4.69, 9.17) is 9.15 Å². The Morgan fingerprint density at radius 2 is 1.79 bits per heavy atom. The predicted molar refractivity (Wildman–Crippen MR) is 130 cm³/mol. The molecule has 7 heteroatoms. The van der Waals surface area contributed by atoms with Gasteiger partial charge in [-0.2, -0.15) is 0 Å². The molecule has 0 saturated carbocycles. The van der Waals surface area contributed by atoms with Gasteiger partial charge in [0.15, 0.2) is 5.43 Å². The molecule has 1 unspecified atom stereocenters. The van der Waals surface area contributed by atoms with Crippen LogP contribution in [0.5, 0.6) is 5.75 Å². The fraction of sp³-hybridized carbons (Fsp3) is 0.111. The molecule has 4 aromatic rings. The summed E-state index contributed by atoms with van der Waals surface area (Å²) in [5.41, 5.74) is 1.85. The van der Waals surface area contributed by atoms with Crippen molar-refractivity contribution >= 4 is 32.8 Å². The van der Waals surface area contributed by atoms with Gasteiger partial charge in [0.2, 0.25) is 5.76 Å². The highest BCUT2D eigenvalue weighted by atomic mass is 79.9. The van der Waals surface area contributed by atoms with Crippen LogP contribution in [0.4, 0.5) is 4.39 Å². The molecule has 170 valence electrons. The Kier molecular flexibility index (Phi) is 5.79. The molecule has 1 aromatic heterocycles. The molecule has 1 aliphatic rings. The Morgan fingerprint density at radius 3 is 2.50 bits per heavy atom. The summed E-state index contributed by atoms with van der Waals surface area (Å²) in [4.78, 5) is 28.7. The Balaban J connectivity index is 1.65. The number of rotatable bonds is 6. The van der Waals surface area contributed by atoms with Gasteiger partial charge in [-0.1, -0.05) is 52.9 Å². The number of halogens is 2. The first-order chi connectivity index (χ1) is 16.5. The zero-order valence-electron chi connectivity index (χ0n) is 18.0. The lowest BCUT2D eigenvalue weighted by atomic mass is 9.98. The molecular formula is C27H19BrFNO4. The smallest absolute Gasteiger partial charge is 0.291 e. The van der Waals surface area contributed by atoms with Gasteiger partial charge in [0.1, 0.15) is 23.8 Å². The first-order valence-corrected chi connectivity index (χ1v) is 11.4. The van der Waals surface area contributed by atoms with Crippen LogP contribution in [0, 0.1) is 5.82 Å². The van der Waals surface area contributed by atoms with Gasteiger partial charge in [-0.15, -0.1) is 0 Å². The van der Waals surface area contributed by atoms with E-state index in [9.17, 15) is 14.0 Å². The third-order valence-electron chi connectivity index (χ3n) is 5.76. The van der Waals surface area contributed by atoms with Crippen molar-refractivity contribution in [3.63, 3.8) is 0 Å². The van der Waals surface area contributed by atoms with Gasteiger partial charge in [-0.05, 0) is 53.6 Å². The van der Waals surface area contributed by atoms with E-state index in [1.165, 1.54) is 12.1 Å². The van der Waals surface area contributed by atoms with Gasteiger partial charge in [-0.3, -0.25) is 9.59 Å². The number of fused-ring (bicyclic) bond motifs is 2. The number of hydrogen-bond donors (Lipinski definition) is 0. The van der Waals surface area contributed by atoms with Crippen LogP contribution >= 0.6 is 15.9 Å². The van der Waals surface area contributed by atoms with Crippen molar-refractivity contribution in [2.45, 2.75) is 12.6 Å². The number of benzene rings is 3. The summed E-state index contributed by atoms with van der Waals surface area (Å²) < 4.78 is 25.7. The molecule has 0 aliphatic carbocycles. The van der Waals surface area contributed by atoms with Crippen LogP contribution in [-0.2, 0) is 6.54 Å². The minimum atomic E-state index is -0.666. The second kappa shape index (κ2) is 8.91. The second-order valence-electron chi connectivity index (χ2n) is 7.95. The minimum absolute atomic E-state index is 0.0268. The molecule has 1 atom stereocenters. The summed E-state index contributed by atoms with van der Waals surface area (Å²) in [5.74, 6) is -0.0787. The molecule has 1 amide bonds. The van der Waals surface area contributed by atoms with Crippen LogP contribution in [-0.4, -0.2) is 17.4 Å². The number of carbonyl (C=O) groups is 1. The monoisotopic (exact) mass is 519 g/mol. The van der Waals surface area contributed by atoms with Crippen LogP contribution in [0.25, 0.3) is 11.0 Å². The molecule has 0 bridgehead atoms. The highest BCUT2D eigenvalue weighted by Gasteiger charge is 2.42. The molecule has 0 spiro atoms. The molecule has 1 aliphatic heterocycles. The molecule has 0 N–H and O–H groups in total. The zero-order valence-corrected chi connectivity index (χ0v) is 19.5. The maximum Gasteiger partial charge on any atom is 0.291 e. The topological polar surface area (TPSA) is 59.8 Å². The van der Waals surface area contributed by atoms with Gasteiger partial charge >= 0.3 is 0 Å². The maximum absolute atomic E-state index is 13.6. The van der Waals surface area contributed by atoms with E-state index in [-0.39, 0.29) is 29.1 Å². The van der Waals surface area contributed by atoms with Crippen molar-refractivity contribution in [2.75, 3.05) is 6.61 Å². The van der Waals surface area contributed by atoms with Gasteiger partial charge < -0.3 is 14.1 Å². The average molecular weight is 520 g/mol. The molecule has 0 saturated heterocycles. The predicted octanol–water partition coefficient (Wildman–Crippen LogP) is 6.00. The normalized spacial score (nSPS) is 14.9. The van der Waals surface area contributed by atoms with E-state index < -0.39 is 11.9 Å². The minimum Gasteiger partial charge on any atom is -0.490 e. The van der Waals surface area contributed by atoms with Crippen molar-refractivity contribution in [1.29, 1.82) is 0 Å². The number of amides is 1. The second-order valence-corrected chi connectivity index (χ2v) is 8.86. The Hall–Kier alpha value is -3.71. The summed E-state index contributed by atoms with van der Waals surface area (Å²) >= 11 is 3.40. The lowest BCUT2D eigenvalue weighted by Gasteiger charge is -2.25. The van der Waals surface area contributed by atoms with Crippen molar-refractivity contribution in [3.8, 4) is 5.75 Å². The van der Waals surface area contributed by atoms with Crippen molar-refractivity contribution in [2.24, 2.45) is 0 Å². The average Bonchev–Trinajstić information content (AvgIpc) is 3.11. The summed E-state index contributed by atoms with van der Waals surface area (Å²) in [6, 6.07) is 17.6. The third kappa shape index (κ3) is 3.92. The molecule has 0 fully saturated rings. The first-order valence-electron chi connectivity index (χ1n) is 10.6. The summed E-state index contributed by atoms with van der Waals surface area (Å²) in [5, 5.41) is 0.389. The van der Waals surface area contributed by atoms with Crippen LogP contribution in [0.15, 0.2) is 93.1 Å². The summed E-state index contributed by atoms with van der Waals surface area (Å²) in [6.45, 7) is 4.19. The summed E-state index contributed by atoms with van der Waals surface area (Å²) in [6.07, 6.45) is 1.65. The molecular weight excluding hydrogens is 501 g/mol. The highest BCUT2D eigenvalue weighted by Crippen LogP contribution is 2.39. The lowest BCUT2D eigenvalue weighted by Crippen LogP contribution is -2.29. The van der Waals surface area contributed by atoms with Gasteiger partial charge in [0.05, 0.1) is 17.0 Å². The van der Waals surface area contributed by atoms with E-state index in [0.717, 1.165) is 15.6 Å². The number of ether oxygens (including phenoxy) is 1. The lowest BCUT2D eigenvalue weighted by molar-refractivity contribution is 0.0714. The Morgan fingerprint density at radius 1 is 1.06 bits per heavy atom. The fourth-order valence-corrected chi connectivity index (χ4v) is 4.55. The molecule has 5 rings (SSSR count). The van der Waals surface area contributed by atoms with E-state index in [1.54, 1.807) is 53.4 Å². The van der Waals surface area contributed by atoms with E-state index >= 15 is 0 Å². The molecule has 2 heterocycles. The van der Waals surface area contributed by atoms with E-state index in [0.29, 0.717) is 23.3 Å². The largest absolute Gasteiger partial charge is 0.490 e. The van der Waals surface area contributed by atoms with Gasteiger partial charge in [0.25, 0.3) is 5.91 Å². The SMILES string of the molecule is C=CCOc1ccc(C2c3c(oc4ccc(Br)cc4c3=O)C(=O)N2Cc2ccc(F)cc2)cc1. The standard InChI is InChI=1S/C27H19BrFNO4/c1-2-13-33-20-10-5-17(6-11-20)24-23-25(31)21-14-18(28)7-12-22(21)34-26(23)27(32)30(24)15-16-3-8-19(29)9-4-16/h2-12,14,24H,1,13,15H2. The number of hydrogen-bond acceptors (Lipinski definition) is 4. The van der Waals surface area contributed by atoms with Crippen molar-refractivity contribution in [3.05, 3.63) is 122 Å². The van der Waals surface area contributed by atoms with Gasteiger partial charge in [0, 0.05) is 11.0 Å². The van der Waals surface area contributed by atoms with Gasteiger partial charge in [-0.25, -0.2) is 4.39 Å². The molecule has 34 heavy (non-hydrogen) atoms. The quantitative estimate of drug-likeness (QED) is 0.293. The van der Waals surface area contributed by atoms with Crippen molar-refractivity contribution in [1.82, 2.24) is 4.90 Å². The maximum atomic E-state index is 13.6. The Bertz CT molecular complexity index is 1460. The Labute approximate surface area is 203 Å². The van der Waals surface area contributed by atoms with Crippen LogP contribution in [0.2, 0.25) is 0 Å². The zero-order chi connectivity index (χ0) is 23.8. The van der Waals surface area contributed by atoms with Crippen molar-refractivity contribution < 1.29 is 18.3 Å². The first kappa shape index (κ1) is 22.1.